The molecule has 0 fully saturated rings. The summed E-state index contributed by atoms with van der Waals surface area (Å²) >= 11 is 0. The molecule has 0 bridgehead atoms. The molecule has 0 aliphatic heterocycles. The van der Waals surface area contributed by atoms with E-state index in [1.165, 1.54) is 12.1 Å². The zero-order valence-electron chi connectivity index (χ0n) is 12.7. The van der Waals surface area contributed by atoms with Crippen LogP contribution in [-0.4, -0.2) is 21.6 Å². The first kappa shape index (κ1) is 16.7. The van der Waals surface area contributed by atoms with Crippen LogP contribution in [-0.2, 0) is 0 Å². The molecule has 2 aromatic rings. The maximum Gasteiger partial charge on any atom is 0.272 e. The Morgan fingerprint density at radius 2 is 1.70 bits per heavy atom. The van der Waals surface area contributed by atoms with E-state index in [4.69, 9.17) is 0 Å². The molecule has 0 atom stereocenters. The van der Waals surface area contributed by atoms with Crippen molar-refractivity contribution < 1.29 is 18.0 Å². The van der Waals surface area contributed by atoms with Gasteiger partial charge in [0.25, 0.3) is 5.91 Å². The monoisotopic (exact) mass is 324 g/mol. The number of aromatic nitrogens is 2. The molecular formula is C15H15F3N4O. The number of amides is 1. The van der Waals surface area contributed by atoms with Crippen LogP contribution in [0.1, 0.15) is 31.3 Å². The largest absolute Gasteiger partial charge is 0.346 e. The lowest BCUT2D eigenvalue weighted by molar-refractivity contribution is 0.0913. The third kappa shape index (κ3) is 4.18. The summed E-state index contributed by atoms with van der Waals surface area (Å²) in [5.74, 6) is -4.54. The quantitative estimate of drug-likeness (QED) is 0.851. The van der Waals surface area contributed by atoms with E-state index in [2.05, 4.69) is 20.8 Å². The Labute approximate surface area is 130 Å². The minimum atomic E-state index is -1.58. The summed E-state index contributed by atoms with van der Waals surface area (Å²) < 4.78 is 39.6. The highest BCUT2D eigenvalue weighted by molar-refractivity contribution is 5.92. The summed E-state index contributed by atoms with van der Waals surface area (Å²) in [6.45, 7) is 5.46. The molecule has 0 unspecified atom stereocenters. The van der Waals surface area contributed by atoms with Crippen LogP contribution in [0, 0.1) is 17.5 Å². The smallest absolute Gasteiger partial charge is 0.272 e. The number of rotatable bonds is 3. The van der Waals surface area contributed by atoms with Crippen molar-refractivity contribution in [2.45, 2.75) is 26.3 Å². The molecule has 0 aliphatic rings. The topological polar surface area (TPSA) is 66.9 Å². The fraction of sp³-hybridized carbons (Fsp3) is 0.267. The van der Waals surface area contributed by atoms with Gasteiger partial charge in [0.2, 0.25) is 0 Å². The van der Waals surface area contributed by atoms with Crippen LogP contribution in [0.4, 0.5) is 24.7 Å². The second-order valence-corrected chi connectivity index (χ2v) is 5.86. The van der Waals surface area contributed by atoms with Crippen molar-refractivity contribution in [1.29, 1.82) is 0 Å². The predicted octanol–water partition coefficient (Wildman–Crippen LogP) is 3.17. The maximum atomic E-state index is 13.6. The number of benzene rings is 1. The summed E-state index contributed by atoms with van der Waals surface area (Å²) in [5.41, 5.74) is -0.633. The van der Waals surface area contributed by atoms with Crippen LogP contribution in [0.15, 0.2) is 24.3 Å². The van der Waals surface area contributed by atoms with Gasteiger partial charge in [0, 0.05) is 5.54 Å². The molecule has 0 spiro atoms. The molecule has 1 heterocycles. The maximum absolute atomic E-state index is 13.6. The summed E-state index contributed by atoms with van der Waals surface area (Å²) in [4.78, 5) is 11.9. The van der Waals surface area contributed by atoms with Crippen molar-refractivity contribution in [2.24, 2.45) is 0 Å². The summed E-state index contributed by atoms with van der Waals surface area (Å²) in [7, 11) is 0. The molecule has 0 aliphatic carbocycles. The van der Waals surface area contributed by atoms with Gasteiger partial charge in [0.1, 0.15) is 0 Å². The number of carbonyl (C=O) groups is 1. The molecule has 122 valence electrons. The first-order valence-corrected chi connectivity index (χ1v) is 6.74. The van der Waals surface area contributed by atoms with Crippen LogP contribution in [0.25, 0.3) is 0 Å². The molecule has 2 N–H and O–H groups in total. The highest BCUT2D eigenvalue weighted by atomic mass is 19.2. The molecule has 8 heteroatoms. The van der Waals surface area contributed by atoms with Crippen molar-refractivity contribution >= 4 is 17.4 Å². The molecular weight excluding hydrogens is 309 g/mol. The lowest BCUT2D eigenvalue weighted by atomic mass is 10.1. The van der Waals surface area contributed by atoms with Gasteiger partial charge in [-0.1, -0.05) is 0 Å². The molecule has 0 saturated heterocycles. The molecule has 2 rings (SSSR count). The number of hydrogen-bond acceptors (Lipinski definition) is 4. The zero-order valence-corrected chi connectivity index (χ0v) is 12.7. The standard InChI is InChI=1S/C15H15F3N4O/c1-15(2,3)20-14(23)10-6-7-11(22-21-10)19-9-5-4-8(16)12(17)13(9)18/h4-7H,1-3H3,(H,19,22)(H,20,23). The van der Waals surface area contributed by atoms with Crippen LogP contribution < -0.4 is 10.6 Å². The summed E-state index contributed by atoms with van der Waals surface area (Å²) in [6, 6.07) is 4.59. The molecule has 1 aromatic carbocycles. The van der Waals surface area contributed by atoms with Crippen LogP contribution in [0.2, 0.25) is 0 Å². The van der Waals surface area contributed by atoms with E-state index in [0.29, 0.717) is 0 Å². The minimum Gasteiger partial charge on any atom is -0.346 e. The molecule has 23 heavy (non-hydrogen) atoms. The third-order valence-corrected chi connectivity index (χ3v) is 2.68. The Morgan fingerprint density at radius 1 is 1.00 bits per heavy atom. The zero-order chi connectivity index (χ0) is 17.2. The summed E-state index contributed by atoms with van der Waals surface area (Å²) in [6.07, 6.45) is 0. The van der Waals surface area contributed by atoms with E-state index in [9.17, 15) is 18.0 Å². The van der Waals surface area contributed by atoms with Crippen LogP contribution in [0.5, 0.6) is 0 Å². The van der Waals surface area contributed by atoms with E-state index in [1.807, 2.05) is 20.8 Å². The van der Waals surface area contributed by atoms with Gasteiger partial charge in [-0.2, -0.15) is 0 Å². The molecule has 0 saturated carbocycles. The van der Waals surface area contributed by atoms with Crippen molar-refractivity contribution in [2.75, 3.05) is 5.32 Å². The average Bonchev–Trinajstić information content (AvgIpc) is 2.47. The summed E-state index contributed by atoms with van der Waals surface area (Å²) in [5, 5.41) is 12.6. The van der Waals surface area contributed by atoms with Crippen molar-refractivity contribution in [3.05, 3.63) is 47.4 Å². The highest BCUT2D eigenvalue weighted by Crippen LogP contribution is 2.22. The van der Waals surface area contributed by atoms with Gasteiger partial charge in [-0.05, 0) is 45.0 Å². The fourth-order valence-electron chi connectivity index (χ4n) is 1.69. The Morgan fingerprint density at radius 3 is 2.26 bits per heavy atom. The normalized spacial score (nSPS) is 11.2. The van der Waals surface area contributed by atoms with E-state index in [-0.39, 0.29) is 17.2 Å². The van der Waals surface area contributed by atoms with E-state index in [0.717, 1.165) is 12.1 Å². The number of anilines is 2. The van der Waals surface area contributed by atoms with Gasteiger partial charge in [-0.15, -0.1) is 10.2 Å². The van der Waals surface area contributed by atoms with Gasteiger partial charge in [-0.25, -0.2) is 13.2 Å². The molecule has 0 radical (unpaired) electrons. The van der Waals surface area contributed by atoms with E-state index < -0.39 is 28.9 Å². The van der Waals surface area contributed by atoms with Crippen molar-refractivity contribution in [1.82, 2.24) is 15.5 Å². The third-order valence-electron chi connectivity index (χ3n) is 2.68. The van der Waals surface area contributed by atoms with Crippen molar-refractivity contribution in [3.63, 3.8) is 0 Å². The van der Waals surface area contributed by atoms with Gasteiger partial charge in [0.15, 0.2) is 29.0 Å². The minimum absolute atomic E-state index is 0.0798. The predicted molar refractivity (Wildman–Crippen MR) is 78.8 cm³/mol. The van der Waals surface area contributed by atoms with E-state index in [1.54, 1.807) is 0 Å². The number of nitrogens with zero attached hydrogens (tertiary/aromatic N) is 2. The average molecular weight is 324 g/mol. The number of nitrogens with one attached hydrogen (secondary N) is 2. The Bertz CT molecular complexity index is 727. The highest BCUT2D eigenvalue weighted by Gasteiger charge is 2.17. The SMILES string of the molecule is CC(C)(C)NC(=O)c1ccc(Nc2ccc(F)c(F)c2F)nn1. The first-order chi connectivity index (χ1) is 10.7. The van der Waals surface area contributed by atoms with Gasteiger partial charge >= 0.3 is 0 Å². The Hall–Kier alpha value is -2.64. The number of carbonyl (C=O) groups excluding carboxylic acids is 1. The van der Waals surface area contributed by atoms with Gasteiger partial charge in [-0.3, -0.25) is 4.79 Å². The molecule has 1 amide bonds. The fourth-order valence-corrected chi connectivity index (χ4v) is 1.69. The first-order valence-electron chi connectivity index (χ1n) is 6.74. The number of halogens is 3. The van der Waals surface area contributed by atoms with Crippen molar-refractivity contribution in [3.8, 4) is 0 Å². The lowest BCUT2D eigenvalue weighted by Crippen LogP contribution is -2.41. The van der Waals surface area contributed by atoms with Gasteiger partial charge < -0.3 is 10.6 Å². The van der Waals surface area contributed by atoms with E-state index >= 15 is 0 Å². The Kier molecular flexibility index (Phi) is 4.53. The Balaban J connectivity index is 2.15. The van der Waals surface area contributed by atoms with Crippen LogP contribution >= 0.6 is 0 Å². The molecule has 1 aromatic heterocycles. The van der Waals surface area contributed by atoms with Gasteiger partial charge in [0.05, 0.1) is 5.69 Å². The molecule has 5 nitrogen and oxygen atoms in total. The lowest BCUT2D eigenvalue weighted by Gasteiger charge is -2.19. The second kappa shape index (κ2) is 6.23. The second-order valence-electron chi connectivity index (χ2n) is 5.86. The van der Waals surface area contributed by atoms with Crippen LogP contribution in [0.3, 0.4) is 0 Å². The number of hydrogen-bond donors (Lipinski definition) is 2.